The zero-order valence-electron chi connectivity index (χ0n) is 9.32. The topological polar surface area (TPSA) is 51.5 Å². The van der Waals surface area contributed by atoms with Crippen LogP contribution in [0.5, 0.6) is 0 Å². The molecule has 1 heterocycles. The van der Waals surface area contributed by atoms with Crippen molar-refractivity contribution in [3.05, 3.63) is 37.8 Å². The van der Waals surface area contributed by atoms with Gasteiger partial charge in [0.1, 0.15) is 5.82 Å². The largest absolute Gasteiger partial charge is 0.465 e. The highest BCUT2D eigenvalue weighted by Crippen LogP contribution is 2.31. The molecule has 0 spiro atoms. The number of rotatable bonds is 2. The van der Waals surface area contributed by atoms with Crippen LogP contribution in [0.3, 0.4) is 0 Å². The molecule has 0 aliphatic heterocycles. The van der Waals surface area contributed by atoms with Crippen LogP contribution in [0.1, 0.15) is 10.4 Å². The first-order valence-electron chi connectivity index (χ1n) is 4.76. The van der Waals surface area contributed by atoms with E-state index in [2.05, 4.69) is 30.0 Å². The monoisotopic (exact) mass is 382 g/mol. The maximum Gasteiger partial charge on any atom is 0.339 e. The van der Waals surface area contributed by atoms with Gasteiger partial charge in [-0.05, 0) is 32.3 Å². The lowest BCUT2D eigenvalue weighted by Crippen LogP contribution is -2.03. The van der Waals surface area contributed by atoms with Gasteiger partial charge in [0.25, 0.3) is 0 Å². The van der Waals surface area contributed by atoms with E-state index in [1.807, 2.05) is 0 Å². The molecular weight excluding hydrogens is 379 g/mol. The maximum absolute atomic E-state index is 13.5. The van der Waals surface area contributed by atoms with Crippen molar-refractivity contribution in [1.29, 1.82) is 0 Å². The molecule has 0 unspecified atom stereocenters. The van der Waals surface area contributed by atoms with E-state index >= 15 is 0 Å². The Morgan fingerprint density at radius 1 is 1.58 bits per heavy atom. The average Bonchev–Trinajstić information content (AvgIpc) is 2.78. The predicted octanol–water partition coefficient (Wildman–Crippen LogP) is 3.78. The van der Waals surface area contributed by atoms with E-state index in [4.69, 9.17) is 11.6 Å². The average molecular weight is 384 g/mol. The van der Waals surface area contributed by atoms with Gasteiger partial charge in [0.15, 0.2) is 9.82 Å². The van der Waals surface area contributed by atoms with Gasteiger partial charge in [-0.15, -0.1) is 0 Å². The van der Waals surface area contributed by atoms with Gasteiger partial charge in [-0.1, -0.05) is 11.6 Å². The Balaban J connectivity index is 2.62. The zero-order chi connectivity index (χ0) is 14.0. The number of carbonyl (C=O) groups excluding carboxylic acids is 1. The first-order valence-corrected chi connectivity index (χ1v) is 8.04. The maximum atomic E-state index is 13.5. The molecule has 0 amide bonds. The summed E-state index contributed by atoms with van der Waals surface area (Å²) in [5, 5.41) is 0.241. The molecule has 0 bridgehead atoms. The predicted molar refractivity (Wildman–Crippen MR) is 75.7 cm³/mol. The lowest BCUT2D eigenvalue weighted by Gasteiger charge is -2.05. The molecule has 0 saturated carbocycles. The number of aromatic nitrogens is 1. The number of hydrogen-bond acceptors (Lipinski definition) is 6. The van der Waals surface area contributed by atoms with Crippen molar-refractivity contribution in [1.82, 2.24) is 4.37 Å². The lowest BCUT2D eigenvalue weighted by atomic mass is 10.2. The quantitative estimate of drug-likeness (QED) is 0.586. The molecule has 4 nitrogen and oxygen atoms in total. The molecular formula is C10H5BrClFN2O2S2. The summed E-state index contributed by atoms with van der Waals surface area (Å²) in [5.41, 5.74) is 0.310. The minimum absolute atomic E-state index is 0.0607. The molecule has 0 fully saturated rings. The van der Waals surface area contributed by atoms with Crippen molar-refractivity contribution in [2.75, 3.05) is 7.11 Å². The van der Waals surface area contributed by atoms with Gasteiger partial charge in [-0.2, -0.15) is 4.37 Å². The van der Waals surface area contributed by atoms with Crippen LogP contribution in [0, 0.1) is 5.82 Å². The molecule has 0 aliphatic rings. The molecule has 0 radical (unpaired) electrons. The third kappa shape index (κ3) is 3.19. The van der Waals surface area contributed by atoms with Crippen molar-refractivity contribution in [2.24, 2.45) is 4.99 Å². The summed E-state index contributed by atoms with van der Waals surface area (Å²) in [7, 11) is 3.65. The first-order chi connectivity index (χ1) is 9.02. The molecule has 2 aromatic rings. The molecule has 9 heteroatoms. The second-order valence-electron chi connectivity index (χ2n) is 3.23. The summed E-state index contributed by atoms with van der Waals surface area (Å²) in [6.07, 6.45) is 0. The minimum Gasteiger partial charge on any atom is -0.465 e. The number of nitrogens with zero attached hydrogens (tertiary/aromatic N) is 2. The molecule has 0 aliphatic carbocycles. The number of methoxy groups -OCH3 is 1. The Bertz CT molecular complexity index is 701. The van der Waals surface area contributed by atoms with E-state index in [1.54, 1.807) is 0 Å². The van der Waals surface area contributed by atoms with Crippen LogP contribution >= 0.6 is 48.4 Å². The standard InChI is InChI=1S/C10H5BrClFN2O2S2/c1-17-10(16)5-2-4(13)3-6(7(5)11)14-9-8(12)15-19-18-9/h2-3H,1H3. The van der Waals surface area contributed by atoms with Gasteiger partial charge in [-0.25, -0.2) is 14.2 Å². The van der Waals surface area contributed by atoms with Crippen molar-refractivity contribution in [3.8, 4) is 0 Å². The van der Waals surface area contributed by atoms with Gasteiger partial charge < -0.3 is 4.74 Å². The third-order valence-corrected chi connectivity index (χ3v) is 5.06. The Morgan fingerprint density at radius 2 is 2.32 bits per heavy atom. The van der Waals surface area contributed by atoms with Crippen LogP contribution in [-0.4, -0.2) is 17.5 Å². The van der Waals surface area contributed by atoms with Crippen LogP contribution in [0.25, 0.3) is 0 Å². The highest BCUT2D eigenvalue weighted by atomic mass is 79.9. The van der Waals surface area contributed by atoms with Gasteiger partial charge >= 0.3 is 5.97 Å². The molecule has 2 rings (SSSR count). The fourth-order valence-electron chi connectivity index (χ4n) is 1.25. The van der Waals surface area contributed by atoms with E-state index < -0.39 is 11.8 Å². The summed E-state index contributed by atoms with van der Waals surface area (Å²) < 4.78 is 22.7. The summed E-state index contributed by atoms with van der Waals surface area (Å²) in [4.78, 5) is 15.7. The van der Waals surface area contributed by atoms with E-state index in [0.29, 0.717) is 9.14 Å². The van der Waals surface area contributed by atoms with E-state index in [9.17, 15) is 9.18 Å². The normalized spacial score (nSPS) is 11.7. The van der Waals surface area contributed by atoms with E-state index in [1.165, 1.54) is 34.1 Å². The van der Waals surface area contributed by atoms with Crippen LogP contribution in [-0.2, 0) is 4.74 Å². The number of carbonyl (C=O) groups is 1. The van der Waals surface area contributed by atoms with Gasteiger partial charge in [0.05, 0.1) is 22.8 Å². The second-order valence-corrected chi connectivity index (χ2v) is 6.22. The summed E-state index contributed by atoms with van der Waals surface area (Å²) in [5.74, 6) is -1.24. The van der Waals surface area contributed by atoms with Gasteiger partial charge in [-0.3, -0.25) is 0 Å². The summed E-state index contributed by atoms with van der Waals surface area (Å²) in [6.45, 7) is 0. The fourth-order valence-corrected chi connectivity index (χ4v) is 3.71. The second kappa shape index (κ2) is 6.08. The number of ether oxygens (including phenoxy) is 1. The Labute approximate surface area is 128 Å². The zero-order valence-corrected chi connectivity index (χ0v) is 13.3. The molecule has 0 saturated heterocycles. The molecule has 0 N–H and O–H groups in total. The first kappa shape index (κ1) is 14.6. The SMILES string of the molecule is COC(=O)c1cc(F)cc(N=c2ssnc2Cl)c1Br. The van der Waals surface area contributed by atoms with Gasteiger partial charge in [0, 0.05) is 16.6 Å². The van der Waals surface area contributed by atoms with Crippen molar-refractivity contribution < 1.29 is 13.9 Å². The van der Waals surface area contributed by atoms with Crippen LogP contribution in [0.4, 0.5) is 10.1 Å². The van der Waals surface area contributed by atoms with E-state index in [-0.39, 0.29) is 16.4 Å². The highest BCUT2D eigenvalue weighted by molar-refractivity contribution is 9.10. The van der Waals surface area contributed by atoms with Gasteiger partial charge in [0.2, 0.25) is 0 Å². The lowest BCUT2D eigenvalue weighted by molar-refractivity contribution is 0.0599. The minimum atomic E-state index is -0.652. The molecule has 0 atom stereocenters. The van der Waals surface area contributed by atoms with Crippen molar-refractivity contribution >= 4 is 60.1 Å². The number of esters is 1. The molecule has 1 aromatic heterocycles. The number of hydrogen-bond donors (Lipinski definition) is 0. The Hall–Kier alpha value is -0.830. The smallest absolute Gasteiger partial charge is 0.339 e. The Kier molecular flexibility index (Phi) is 4.67. The number of halogens is 3. The molecule has 1 aromatic carbocycles. The van der Waals surface area contributed by atoms with Crippen molar-refractivity contribution in [2.45, 2.75) is 0 Å². The third-order valence-electron chi connectivity index (χ3n) is 2.06. The van der Waals surface area contributed by atoms with Crippen molar-refractivity contribution in [3.63, 3.8) is 0 Å². The highest BCUT2D eigenvalue weighted by Gasteiger charge is 2.16. The van der Waals surface area contributed by atoms with Crippen LogP contribution in [0.15, 0.2) is 21.6 Å². The number of benzene rings is 1. The molecule has 100 valence electrons. The van der Waals surface area contributed by atoms with E-state index in [0.717, 1.165) is 6.07 Å². The molecule has 19 heavy (non-hydrogen) atoms. The summed E-state index contributed by atoms with van der Waals surface area (Å²) >= 11 is 9.04. The van der Waals surface area contributed by atoms with Crippen LogP contribution in [0.2, 0.25) is 5.15 Å². The summed E-state index contributed by atoms with van der Waals surface area (Å²) in [6, 6.07) is 2.27. The Morgan fingerprint density at radius 3 is 2.89 bits per heavy atom. The fraction of sp³-hybridized carbons (Fsp3) is 0.100. The van der Waals surface area contributed by atoms with Crippen LogP contribution < -0.4 is 4.67 Å².